The average molecular weight is 251 g/mol. The van der Waals surface area contributed by atoms with E-state index >= 15 is 0 Å². The van der Waals surface area contributed by atoms with Gasteiger partial charge in [0.25, 0.3) is 0 Å². The van der Waals surface area contributed by atoms with Crippen LogP contribution in [0.3, 0.4) is 0 Å². The third kappa shape index (κ3) is 3.91. The standard InChI is InChI=1S/C15H25NO2/c1-6-14(11(2)3)16-10-12-9-13(17-4)7-8-15(12)18-5/h7-9,11,14,16H,6,10H2,1-5H3. The summed E-state index contributed by atoms with van der Waals surface area (Å²) in [5.74, 6) is 2.40. The van der Waals surface area contributed by atoms with Crippen LogP contribution in [-0.2, 0) is 6.54 Å². The molecule has 0 aliphatic carbocycles. The van der Waals surface area contributed by atoms with Gasteiger partial charge in [0, 0.05) is 18.2 Å². The van der Waals surface area contributed by atoms with Crippen molar-refractivity contribution < 1.29 is 9.47 Å². The molecule has 0 saturated carbocycles. The molecule has 3 heteroatoms. The van der Waals surface area contributed by atoms with Crippen molar-refractivity contribution in [3.05, 3.63) is 23.8 Å². The Morgan fingerprint density at radius 2 is 1.89 bits per heavy atom. The van der Waals surface area contributed by atoms with E-state index in [0.717, 1.165) is 30.0 Å². The van der Waals surface area contributed by atoms with Gasteiger partial charge in [0.05, 0.1) is 14.2 Å². The van der Waals surface area contributed by atoms with Gasteiger partial charge in [-0.15, -0.1) is 0 Å². The lowest BCUT2D eigenvalue weighted by Crippen LogP contribution is -2.32. The van der Waals surface area contributed by atoms with Gasteiger partial charge in [-0.3, -0.25) is 0 Å². The van der Waals surface area contributed by atoms with Gasteiger partial charge in [0.15, 0.2) is 0 Å². The molecule has 102 valence electrons. The first-order chi connectivity index (χ1) is 8.62. The number of rotatable bonds is 7. The molecule has 18 heavy (non-hydrogen) atoms. The first-order valence-electron chi connectivity index (χ1n) is 6.56. The first kappa shape index (κ1) is 14.8. The summed E-state index contributed by atoms with van der Waals surface area (Å²) in [4.78, 5) is 0. The largest absolute Gasteiger partial charge is 0.497 e. The van der Waals surface area contributed by atoms with Crippen molar-refractivity contribution in [1.82, 2.24) is 5.32 Å². The molecule has 0 heterocycles. The maximum atomic E-state index is 5.38. The molecule has 1 unspecified atom stereocenters. The lowest BCUT2D eigenvalue weighted by atomic mass is 10.0. The zero-order valence-electron chi connectivity index (χ0n) is 12.1. The predicted octanol–water partition coefficient (Wildman–Crippen LogP) is 3.23. The Kier molecular flexibility index (Phi) is 5.99. The fourth-order valence-electron chi connectivity index (χ4n) is 2.11. The second-order valence-electron chi connectivity index (χ2n) is 4.82. The molecule has 0 spiro atoms. The molecule has 0 aromatic heterocycles. The number of methoxy groups -OCH3 is 2. The summed E-state index contributed by atoms with van der Waals surface area (Å²) in [6.45, 7) is 7.49. The maximum Gasteiger partial charge on any atom is 0.123 e. The van der Waals surface area contributed by atoms with Crippen molar-refractivity contribution in [3.8, 4) is 11.5 Å². The van der Waals surface area contributed by atoms with Gasteiger partial charge < -0.3 is 14.8 Å². The van der Waals surface area contributed by atoms with E-state index in [1.165, 1.54) is 0 Å². The molecular weight excluding hydrogens is 226 g/mol. The van der Waals surface area contributed by atoms with Gasteiger partial charge in [-0.1, -0.05) is 20.8 Å². The second kappa shape index (κ2) is 7.27. The lowest BCUT2D eigenvalue weighted by Gasteiger charge is -2.21. The van der Waals surface area contributed by atoms with Crippen LogP contribution in [0.2, 0.25) is 0 Å². The van der Waals surface area contributed by atoms with Gasteiger partial charge >= 0.3 is 0 Å². The summed E-state index contributed by atoms with van der Waals surface area (Å²) in [5, 5.41) is 3.58. The molecule has 0 fully saturated rings. The summed E-state index contributed by atoms with van der Waals surface area (Å²) in [5.41, 5.74) is 1.14. The minimum Gasteiger partial charge on any atom is -0.497 e. The number of hydrogen-bond acceptors (Lipinski definition) is 3. The number of nitrogens with one attached hydrogen (secondary N) is 1. The number of hydrogen-bond donors (Lipinski definition) is 1. The van der Waals surface area contributed by atoms with Crippen LogP contribution in [-0.4, -0.2) is 20.3 Å². The molecule has 3 nitrogen and oxygen atoms in total. The fourth-order valence-corrected chi connectivity index (χ4v) is 2.11. The molecule has 1 aromatic rings. The van der Waals surface area contributed by atoms with E-state index in [0.29, 0.717) is 12.0 Å². The zero-order valence-corrected chi connectivity index (χ0v) is 12.1. The van der Waals surface area contributed by atoms with Gasteiger partial charge in [-0.05, 0) is 30.5 Å². The van der Waals surface area contributed by atoms with Crippen molar-refractivity contribution in [2.24, 2.45) is 5.92 Å². The van der Waals surface area contributed by atoms with Gasteiger partial charge in [-0.25, -0.2) is 0 Å². The summed E-state index contributed by atoms with van der Waals surface area (Å²) in [6, 6.07) is 6.42. The van der Waals surface area contributed by atoms with E-state index in [9.17, 15) is 0 Å². The molecular formula is C15H25NO2. The molecule has 1 atom stereocenters. The Bertz CT molecular complexity index is 364. The molecule has 0 aliphatic rings. The minimum atomic E-state index is 0.529. The van der Waals surface area contributed by atoms with E-state index < -0.39 is 0 Å². The molecule has 0 radical (unpaired) electrons. The Morgan fingerprint density at radius 3 is 2.39 bits per heavy atom. The summed E-state index contributed by atoms with van der Waals surface area (Å²) >= 11 is 0. The maximum absolute atomic E-state index is 5.38. The number of benzene rings is 1. The van der Waals surface area contributed by atoms with Gasteiger partial charge in [0.1, 0.15) is 11.5 Å². The zero-order chi connectivity index (χ0) is 13.5. The number of ether oxygens (including phenoxy) is 2. The van der Waals surface area contributed by atoms with Crippen LogP contribution in [0.1, 0.15) is 32.8 Å². The van der Waals surface area contributed by atoms with Crippen LogP contribution in [0.4, 0.5) is 0 Å². The van der Waals surface area contributed by atoms with Crippen LogP contribution >= 0.6 is 0 Å². The Morgan fingerprint density at radius 1 is 1.17 bits per heavy atom. The molecule has 1 N–H and O–H groups in total. The van der Waals surface area contributed by atoms with E-state index in [1.54, 1.807) is 14.2 Å². The highest BCUT2D eigenvalue weighted by atomic mass is 16.5. The van der Waals surface area contributed by atoms with Crippen molar-refractivity contribution in [3.63, 3.8) is 0 Å². The lowest BCUT2D eigenvalue weighted by molar-refractivity contribution is 0.372. The Hall–Kier alpha value is -1.22. The van der Waals surface area contributed by atoms with Gasteiger partial charge in [-0.2, -0.15) is 0 Å². The molecule has 0 amide bonds. The topological polar surface area (TPSA) is 30.5 Å². The minimum absolute atomic E-state index is 0.529. The van der Waals surface area contributed by atoms with Crippen LogP contribution in [0.15, 0.2) is 18.2 Å². The van der Waals surface area contributed by atoms with Crippen molar-refractivity contribution in [1.29, 1.82) is 0 Å². The highest BCUT2D eigenvalue weighted by molar-refractivity contribution is 5.40. The van der Waals surface area contributed by atoms with E-state index in [-0.39, 0.29) is 0 Å². The van der Waals surface area contributed by atoms with Crippen LogP contribution in [0.25, 0.3) is 0 Å². The first-order valence-corrected chi connectivity index (χ1v) is 6.56. The molecule has 1 rings (SSSR count). The van der Waals surface area contributed by atoms with E-state index in [1.807, 2.05) is 18.2 Å². The highest BCUT2D eigenvalue weighted by Crippen LogP contribution is 2.24. The quantitative estimate of drug-likeness (QED) is 0.807. The summed E-state index contributed by atoms with van der Waals surface area (Å²) in [6.07, 6.45) is 1.13. The van der Waals surface area contributed by atoms with Crippen molar-refractivity contribution in [2.45, 2.75) is 39.8 Å². The Labute approximate surface area is 110 Å². The fraction of sp³-hybridized carbons (Fsp3) is 0.600. The van der Waals surface area contributed by atoms with Crippen LogP contribution in [0, 0.1) is 5.92 Å². The highest BCUT2D eigenvalue weighted by Gasteiger charge is 2.12. The van der Waals surface area contributed by atoms with Gasteiger partial charge in [0.2, 0.25) is 0 Å². The van der Waals surface area contributed by atoms with Crippen LogP contribution in [0.5, 0.6) is 11.5 Å². The SMILES string of the molecule is CCC(NCc1cc(OC)ccc1OC)C(C)C. The molecule has 0 bridgehead atoms. The smallest absolute Gasteiger partial charge is 0.123 e. The van der Waals surface area contributed by atoms with E-state index in [4.69, 9.17) is 9.47 Å². The van der Waals surface area contributed by atoms with Crippen LogP contribution < -0.4 is 14.8 Å². The second-order valence-corrected chi connectivity index (χ2v) is 4.82. The normalized spacial score (nSPS) is 12.6. The predicted molar refractivity (Wildman–Crippen MR) is 75.3 cm³/mol. The van der Waals surface area contributed by atoms with Crippen molar-refractivity contribution in [2.75, 3.05) is 14.2 Å². The Balaban J connectivity index is 2.75. The summed E-state index contributed by atoms with van der Waals surface area (Å²) < 4.78 is 10.6. The molecule has 0 aliphatic heterocycles. The van der Waals surface area contributed by atoms with E-state index in [2.05, 4.69) is 26.1 Å². The monoisotopic (exact) mass is 251 g/mol. The third-order valence-electron chi connectivity index (χ3n) is 3.29. The average Bonchev–Trinajstić information content (AvgIpc) is 2.38. The molecule has 1 aromatic carbocycles. The molecule has 0 saturated heterocycles. The third-order valence-corrected chi connectivity index (χ3v) is 3.29. The summed E-state index contributed by atoms with van der Waals surface area (Å²) in [7, 11) is 3.38. The van der Waals surface area contributed by atoms with Crippen molar-refractivity contribution >= 4 is 0 Å².